The number of aliphatic carboxylic acids is 1. The molecule has 1 unspecified atom stereocenters. The molecule has 0 aliphatic heterocycles. The van der Waals surface area contributed by atoms with Crippen molar-refractivity contribution in [3.63, 3.8) is 0 Å². The Balaban J connectivity index is 1.99. The number of carboxylic acid groups (broad SMARTS) is 1. The van der Waals surface area contributed by atoms with Crippen molar-refractivity contribution in [1.29, 1.82) is 0 Å². The molecule has 1 rings (SSSR count). The lowest BCUT2D eigenvalue weighted by Gasteiger charge is -2.07. The van der Waals surface area contributed by atoms with Crippen LogP contribution in [0, 0.1) is 3.57 Å². The molecule has 3 nitrogen and oxygen atoms in total. The molecule has 1 atom stereocenters. The predicted molar refractivity (Wildman–Crippen MR) is 88.1 cm³/mol. The number of hydrogen-bond donors (Lipinski definition) is 2. The summed E-state index contributed by atoms with van der Waals surface area (Å²) >= 11 is 6.26. The largest absolute Gasteiger partial charge is 0.494 e. The lowest BCUT2D eigenvalue weighted by Crippen LogP contribution is -2.12. The zero-order valence-corrected chi connectivity index (χ0v) is 13.8. The zero-order chi connectivity index (χ0) is 14.1. The van der Waals surface area contributed by atoms with Gasteiger partial charge in [-0.2, -0.15) is 12.6 Å². The standard InChI is InChI=1S/C14H19IO3S/c15-11-6-8-12(9-7-11)18-10-4-2-1-3-5-13(19)14(16)17/h6-9,13,19H,1-5,10H2,(H,16,17). The van der Waals surface area contributed by atoms with Gasteiger partial charge in [0, 0.05) is 3.57 Å². The molecule has 5 heteroatoms. The summed E-state index contributed by atoms with van der Waals surface area (Å²) in [5, 5.41) is 8.15. The first-order chi connectivity index (χ1) is 9.09. The minimum atomic E-state index is -0.828. The number of hydrogen-bond acceptors (Lipinski definition) is 3. The predicted octanol–water partition coefficient (Wildman–Crippen LogP) is 4.00. The van der Waals surface area contributed by atoms with E-state index < -0.39 is 11.2 Å². The van der Waals surface area contributed by atoms with E-state index >= 15 is 0 Å². The van der Waals surface area contributed by atoms with E-state index in [-0.39, 0.29) is 0 Å². The van der Waals surface area contributed by atoms with Gasteiger partial charge in [-0.25, -0.2) is 0 Å². The van der Waals surface area contributed by atoms with E-state index in [2.05, 4.69) is 35.2 Å². The first-order valence-electron chi connectivity index (χ1n) is 6.39. The maximum absolute atomic E-state index is 10.5. The molecule has 19 heavy (non-hydrogen) atoms. The molecular weight excluding hydrogens is 375 g/mol. The summed E-state index contributed by atoms with van der Waals surface area (Å²) in [4.78, 5) is 10.5. The van der Waals surface area contributed by atoms with Gasteiger partial charge in [0.1, 0.15) is 5.75 Å². The molecule has 0 spiro atoms. The number of carboxylic acids is 1. The normalized spacial score (nSPS) is 12.1. The molecule has 1 aromatic carbocycles. The third kappa shape index (κ3) is 7.67. The van der Waals surface area contributed by atoms with E-state index in [0.717, 1.165) is 31.4 Å². The summed E-state index contributed by atoms with van der Waals surface area (Å²) in [5.41, 5.74) is 0. The van der Waals surface area contributed by atoms with Crippen LogP contribution in [0.5, 0.6) is 5.75 Å². The van der Waals surface area contributed by atoms with Gasteiger partial charge in [0.25, 0.3) is 0 Å². The minimum Gasteiger partial charge on any atom is -0.494 e. The van der Waals surface area contributed by atoms with Gasteiger partial charge < -0.3 is 9.84 Å². The molecule has 0 amide bonds. The lowest BCUT2D eigenvalue weighted by atomic mass is 10.1. The Morgan fingerprint density at radius 3 is 2.47 bits per heavy atom. The number of rotatable bonds is 9. The lowest BCUT2D eigenvalue weighted by molar-refractivity contribution is -0.136. The summed E-state index contributed by atoms with van der Waals surface area (Å²) in [6.45, 7) is 0.712. The van der Waals surface area contributed by atoms with Gasteiger partial charge in [0.15, 0.2) is 0 Å². The van der Waals surface area contributed by atoms with Crippen molar-refractivity contribution in [2.45, 2.75) is 37.4 Å². The summed E-state index contributed by atoms with van der Waals surface area (Å²) in [7, 11) is 0. The van der Waals surface area contributed by atoms with E-state index in [4.69, 9.17) is 9.84 Å². The van der Waals surface area contributed by atoms with Crippen LogP contribution in [-0.4, -0.2) is 22.9 Å². The van der Waals surface area contributed by atoms with Gasteiger partial charge in [0.2, 0.25) is 0 Å². The van der Waals surface area contributed by atoms with E-state index in [1.807, 2.05) is 24.3 Å². The zero-order valence-electron chi connectivity index (χ0n) is 10.7. The average Bonchev–Trinajstić information content (AvgIpc) is 2.39. The number of thiol groups is 1. The first-order valence-corrected chi connectivity index (χ1v) is 7.98. The first kappa shape index (κ1) is 16.6. The molecule has 0 fully saturated rings. The van der Waals surface area contributed by atoms with Crippen LogP contribution >= 0.6 is 35.2 Å². The van der Waals surface area contributed by atoms with Gasteiger partial charge in [-0.3, -0.25) is 4.79 Å². The van der Waals surface area contributed by atoms with E-state index in [9.17, 15) is 4.79 Å². The molecule has 1 N–H and O–H groups in total. The van der Waals surface area contributed by atoms with Crippen LogP contribution in [0.3, 0.4) is 0 Å². The molecule has 0 bridgehead atoms. The van der Waals surface area contributed by atoms with Crippen molar-refractivity contribution >= 4 is 41.2 Å². The Kier molecular flexibility index (Phi) is 8.29. The van der Waals surface area contributed by atoms with Crippen molar-refractivity contribution in [2.75, 3.05) is 6.61 Å². The van der Waals surface area contributed by atoms with Gasteiger partial charge in [0.05, 0.1) is 11.9 Å². The Morgan fingerprint density at radius 2 is 1.84 bits per heavy atom. The van der Waals surface area contributed by atoms with Crippen molar-refractivity contribution in [2.24, 2.45) is 0 Å². The minimum absolute atomic E-state index is 0.525. The topological polar surface area (TPSA) is 46.5 Å². The average molecular weight is 394 g/mol. The van der Waals surface area contributed by atoms with Gasteiger partial charge in [-0.05, 0) is 59.7 Å². The maximum Gasteiger partial charge on any atom is 0.316 e. The highest BCUT2D eigenvalue weighted by atomic mass is 127. The number of ether oxygens (including phenoxy) is 1. The molecule has 0 heterocycles. The SMILES string of the molecule is O=C(O)C(S)CCCCCCOc1ccc(I)cc1. The highest BCUT2D eigenvalue weighted by Gasteiger charge is 2.10. The Bertz CT molecular complexity index is 381. The fraction of sp³-hybridized carbons (Fsp3) is 0.500. The van der Waals surface area contributed by atoms with Crippen LogP contribution < -0.4 is 4.74 Å². The van der Waals surface area contributed by atoms with Gasteiger partial charge in [-0.15, -0.1) is 0 Å². The summed E-state index contributed by atoms with van der Waals surface area (Å²) < 4.78 is 6.81. The van der Waals surface area contributed by atoms with Crippen LogP contribution in [0.1, 0.15) is 32.1 Å². The fourth-order valence-corrected chi connectivity index (χ4v) is 2.18. The Labute approximate surface area is 133 Å². The fourth-order valence-electron chi connectivity index (χ4n) is 1.64. The van der Waals surface area contributed by atoms with Crippen LogP contribution in [0.25, 0.3) is 0 Å². The molecule has 0 saturated carbocycles. The number of unbranched alkanes of at least 4 members (excludes halogenated alkanes) is 3. The smallest absolute Gasteiger partial charge is 0.316 e. The Hall–Kier alpha value is -0.430. The molecule has 106 valence electrons. The van der Waals surface area contributed by atoms with Gasteiger partial charge >= 0.3 is 5.97 Å². The van der Waals surface area contributed by atoms with Crippen molar-refractivity contribution in [1.82, 2.24) is 0 Å². The summed E-state index contributed by atoms with van der Waals surface area (Å²) in [5.74, 6) is 0.0760. The highest BCUT2D eigenvalue weighted by Crippen LogP contribution is 2.14. The molecule has 0 radical (unpaired) electrons. The second kappa shape index (κ2) is 9.47. The molecule has 0 aliphatic rings. The Morgan fingerprint density at radius 1 is 1.21 bits per heavy atom. The quantitative estimate of drug-likeness (QED) is 0.378. The van der Waals surface area contributed by atoms with E-state index in [0.29, 0.717) is 13.0 Å². The molecule has 1 aromatic rings. The maximum atomic E-state index is 10.5. The van der Waals surface area contributed by atoms with Crippen LogP contribution in [0.4, 0.5) is 0 Å². The van der Waals surface area contributed by atoms with Crippen LogP contribution in [0.15, 0.2) is 24.3 Å². The summed E-state index contributed by atoms with van der Waals surface area (Å²) in [6, 6.07) is 7.99. The number of benzene rings is 1. The van der Waals surface area contributed by atoms with E-state index in [1.165, 1.54) is 3.57 Å². The second-order valence-corrected chi connectivity index (χ2v) is 6.23. The summed E-state index contributed by atoms with van der Waals surface area (Å²) in [6.07, 6.45) is 4.63. The van der Waals surface area contributed by atoms with Crippen molar-refractivity contribution in [3.8, 4) is 5.75 Å². The van der Waals surface area contributed by atoms with Crippen LogP contribution in [-0.2, 0) is 4.79 Å². The monoisotopic (exact) mass is 394 g/mol. The van der Waals surface area contributed by atoms with Crippen LogP contribution in [0.2, 0.25) is 0 Å². The van der Waals surface area contributed by atoms with Crippen molar-refractivity contribution in [3.05, 3.63) is 27.8 Å². The molecular formula is C14H19IO3S. The third-order valence-electron chi connectivity index (χ3n) is 2.74. The second-order valence-electron chi connectivity index (χ2n) is 4.36. The highest BCUT2D eigenvalue weighted by molar-refractivity contribution is 14.1. The third-order valence-corrected chi connectivity index (χ3v) is 3.94. The van der Waals surface area contributed by atoms with Crippen molar-refractivity contribution < 1.29 is 14.6 Å². The number of halogens is 1. The van der Waals surface area contributed by atoms with Gasteiger partial charge in [-0.1, -0.05) is 19.3 Å². The molecule has 0 saturated heterocycles. The number of carbonyl (C=O) groups is 1. The van der Waals surface area contributed by atoms with E-state index in [1.54, 1.807) is 0 Å². The molecule has 0 aliphatic carbocycles. The molecule has 0 aromatic heterocycles.